The molecule has 1 radical (unpaired) electrons. The summed E-state index contributed by atoms with van der Waals surface area (Å²) < 4.78 is 66.3. The van der Waals surface area contributed by atoms with Gasteiger partial charge in [-0.15, -0.1) is 53.1 Å². The Labute approximate surface area is 354 Å². The van der Waals surface area contributed by atoms with Crippen molar-refractivity contribution in [3.05, 3.63) is 188 Å². The summed E-state index contributed by atoms with van der Waals surface area (Å²) in [5.74, 6) is 0. The molecule has 0 saturated heterocycles. The molecule has 0 aliphatic heterocycles. The van der Waals surface area contributed by atoms with Crippen LogP contribution in [0.1, 0.15) is 16.5 Å². The topological polar surface area (TPSA) is 25.8 Å². The molecule has 3 heterocycles. The molecule has 2 nitrogen and oxygen atoms in total. The number of hydrogen-bond donors (Lipinski definition) is 0. The Morgan fingerprint density at radius 3 is 2.11 bits per heavy atom. The molecule has 5 heteroatoms. The number of aromatic nitrogens is 2. The van der Waals surface area contributed by atoms with Gasteiger partial charge in [-0.3, -0.25) is 0 Å². The van der Waals surface area contributed by atoms with E-state index in [1.54, 1.807) is 35.7 Å². The van der Waals surface area contributed by atoms with Gasteiger partial charge in [0, 0.05) is 41.3 Å². The van der Waals surface area contributed by atoms with Crippen molar-refractivity contribution in [1.29, 1.82) is 0 Å². The first-order chi connectivity index (χ1) is 29.6. The third kappa shape index (κ3) is 8.36. The first kappa shape index (κ1) is 29.1. The minimum atomic E-state index is -2.19. The summed E-state index contributed by atoms with van der Waals surface area (Å²) in [4.78, 5) is 9.17. The second-order valence-electron chi connectivity index (χ2n) is 13.9. The van der Waals surface area contributed by atoms with Gasteiger partial charge in [-0.2, -0.15) is 11.3 Å². The van der Waals surface area contributed by atoms with Crippen LogP contribution in [0.25, 0.3) is 76.1 Å². The number of fused-ring (bicyclic) bond motifs is 3. The molecule has 9 aromatic rings. The Balaban J connectivity index is 0.000000196. The average Bonchev–Trinajstić information content (AvgIpc) is 3.66. The van der Waals surface area contributed by atoms with Gasteiger partial charge in [0.25, 0.3) is 0 Å². The molecule has 0 unspecified atom stereocenters. The molecule has 6 aromatic carbocycles. The van der Waals surface area contributed by atoms with E-state index in [0.717, 1.165) is 53.7 Å². The minimum Gasteiger partial charge on any atom is -0.305 e. The van der Waals surface area contributed by atoms with E-state index in [4.69, 9.17) is 11.0 Å². The number of aryl methyl sites for hydroxylation is 1. The molecule has 0 N–H and O–H groups in total. The zero-order valence-corrected chi connectivity index (χ0v) is 34.6. The summed E-state index contributed by atoms with van der Waals surface area (Å²) in [6, 6.07) is 46.2. The molecule has 3 aromatic heterocycles. The minimum absolute atomic E-state index is 0. The predicted molar refractivity (Wildman–Crippen MR) is 234 cm³/mol. The van der Waals surface area contributed by atoms with Crippen LogP contribution in [0, 0.1) is 19.0 Å². The molecule has 0 aliphatic rings. The molecule has 0 amide bonds. The van der Waals surface area contributed by atoms with Crippen LogP contribution in [0.5, 0.6) is 0 Å². The van der Waals surface area contributed by atoms with Crippen molar-refractivity contribution in [2.24, 2.45) is 0 Å². The van der Waals surface area contributed by atoms with Crippen LogP contribution in [0.15, 0.2) is 170 Å². The largest absolute Gasteiger partial charge is 0.305 e. The summed E-state index contributed by atoms with van der Waals surface area (Å²) in [5.41, 5.74) is 7.98. The van der Waals surface area contributed by atoms with Crippen molar-refractivity contribution in [2.75, 3.05) is 0 Å². The monoisotopic (exact) mass is 929 g/mol. The Bertz CT molecular complexity index is 3070. The van der Waals surface area contributed by atoms with E-state index >= 15 is 0 Å². The number of hydrogen-bond acceptors (Lipinski definition) is 3. The molecule has 0 atom stereocenters. The number of nitrogens with zero attached hydrogens (tertiary/aromatic N) is 2. The molecule has 0 fully saturated rings. The maximum atomic E-state index is 8.34. The van der Waals surface area contributed by atoms with E-state index in [-0.39, 0.29) is 49.8 Å². The third-order valence-corrected chi connectivity index (χ3v) is 12.5. The summed E-state index contributed by atoms with van der Waals surface area (Å²) in [6.07, 6.45) is 3.55. The fraction of sp³-hybridized carbons (Fsp3) is 0.0800. The van der Waals surface area contributed by atoms with Crippen molar-refractivity contribution in [1.82, 2.24) is 9.97 Å². The van der Waals surface area contributed by atoms with Crippen molar-refractivity contribution in [2.45, 2.75) is 26.5 Å². The van der Waals surface area contributed by atoms with Crippen molar-refractivity contribution < 1.29 is 31.1 Å². The smallest absolute Gasteiger partial charge is 0.0795 e. The molecule has 0 saturated carbocycles. The quantitative estimate of drug-likeness (QED) is 0.123. The van der Waals surface area contributed by atoms with E-state index < -0.39 is 21.0 Å². The van der Waals surface area contributed by atoms with Crippen LogP contribution in [0.3, 0.4) is 0 Å². The summed E-state index contributed by atoms with van der Waals surface area (Å²) in [5, 5.41) is 3.56. The standard InChI is InChI=1S/C29H18NS.C21H22NSi.Ir/c1-3-8-20(9-4-1)22-14-15-24-25-12-7-13-26(29(25)31-28(24)19-22)27-18-23(16-17-30-27)21-10-5-2-6-11-21;1-16-10-11-18(14-20(16)17-8-6-5-7-9-17)21-13-12-19(15-22-21)23(2,3)4;/h1-12,14-19H;5-10,12-15H,1-4H3;/q2*-1;/i2D,5D,6D,10D,11D;1D3;. The Morgan fingerprint density at radius 2 is 1.40 bits per heavy atom. The second kappa shape index (κ2) is 16.6. The number of thiophene rings is 1. The fourth-order valence-electron chi connectivity index (χ4n) is 6.35. The molecule has 0 aliphatic carbocycles. The Hall–Kier alpha value is -5.29. The Kier molecular flexibility index (Phi) is 8.77. The summed E-state index contributed by atoms with van der Waals surface area (Å²) >= 11 is 1.68. The van der Waals surface area contributed by atoms with Crippen LogP contribution >= 0.6 is 11.3 Å². The van der Waals surface area contributed by atoms with E-state index in [0.29, 0.717) is 22.4 Å². The molecular formula is C50H40IrN2SSi-2. The average molecular weight is 929 g/mol. The van der Waals surface area contributed by atoms with Crippen molar-refractivity contribution in [3.63, 3.8) is 0 Å². The van der Waals surface area contributed by atoms with E-state index in [1.165, 1.54) is 5.19 Å². The molecule has 55 heavy (non-hydrogen) atoms. The van der Waals surface area contributed by atoms with Crippen LogP contribution in [-0.2, 0) is 20.1 Å². The zero-order valence-electron chi connectivity index (χ0n) is 38.4. The summed E-state index contributed by atoms with van der Waals surface area (Å²) in [7, 11) is -1.40. The molecule has 9 rings (SSSR count). The SMILES string of the molecule is [2H]C([2H])([2H])c1c[c-]c(-c2ccc([Si](C)(C)C)cn2)cc1-c1ccccc1.[2H]c1c([2H])c([2H])c(-c2ccnc(-c3[c-]ccc4c3sc3cc(-c5ccccc5)ccc34)c2)c([2H])c1[2H].[Ir]. The van der Waals surface area contributed by atoms with E-state index in [1.807, 2.05) is 72.9 Å². The zero-order chi connectivity index (χ0) is 43.9. The van der Waals surface area contributed by atoms with Gasteiger partial charge in [0.15, 0.2) is 0 Å². The van der Waals surface area contributed by atoms with E-state index in [2.05, 4.69) is 84.2 Å². The predicted octanol–water partition coefficient (Wildman–Crippen LogP) is 13.3. The summed E-state index contributed by atoms with van der Waals surface area (Å²) in [6.45, 7) is 4.67. The van der Waals surface area contributed by atoms with Crippen molar-refractivity contribution in [3.8, 4) is 55.9 Å². The van der Waals surface area contributed by atoms with Gasteiger partial charge < -0.3 is 9.97 Å². The van der Waals surface area contributed by atoms with Gasteiger partial charge in [-0.1, -0.05) is 159 Å². The van der Waals surface area contributed by atoms with Gasteiger partial charge in [0.2, 0.25) is 0 Å². The first-order valence-electron chi connectivity index (χ1n) is 21.6. The van der Waals surface area contributed by atoms with Crippen LogP contribution in [0.4, 0.5) is 0 Å². The van der Waals surface area contributed by atoms with Gasteiger partial charge in [0.1, 0.15) is 0 Å². The molecular weight excluding hydrogens is 881 g/mol. The maximum absolute atomic E-state index is 8.34. The van der Waals surface area contributed by atoms with Gasteiger partial charge in [-0.05, 0) is 66.6 Å². The third-order valence-electron chi connectivity index (χ3n) is 9.29. The second-order valence-corrected chi connectivity index (χ2v) is 20.1. The first-order valence-corrected chi connectivity index (χ1v) is 22.0. The Morgan fingerprint density at radius 1 is 0.655 bits per heavy atom. The normalized spacial score (nSPS) is 13.4. The number of pyridine rings is 2. The van der Waals surface area contributed by atoms with E-state index in [9.17, 15) is 0 Å². The molecule has 0 bridgehead atoms. The van der Waals surface area contributed by atoms with Gasteiger partial charge in [0.05, 0.1) is 14.9 Å². The van der Waals surface area contributed by atoms with Gasteiger partial charge in [-0.25, -0.2) is 0 Å². The fourth-order valence-corrected chi connectivity index (χ4v) is 8.63. The molecule has 0 spiro atoms. The number of benzene rings is 6. The van der Waals surface area contributed by atoms with Crippen LogP contribution < -0.4 is 5.19 Å². The van der Waals surface area contributed by atoms with Gasteiger partial charge >= 0.3 is 0 Å². The number of rotatable bonds is 6. The van der Waals surface area contributed by atoms with Crippen LogP contribution in [0.2, 0.25) is 19.6 Å². The van der Waals surface area contributed by atoms with Crippen molar-refractivity contribution >= 4 is 44.8 Å². The maximum Gasteiger partial charge on any atom is 0.0795 e. The molecule has 271 valence electrons. The van der Waals surface area contributed by atoms with Crippen LogP contribution in [-0.4, -0.2) is 18.0 Å².